The molecule has 0 spiro atoms. The van der Waals surface area contributed by atoms with Crippen molar-refractivity contribution in [3.8, 4) is 28.4 Å². The quantitative estimate of drug-likeness (QED) is 0.380. The van der Waals surface area contributed by atoms with Gasteiger partial charge in [-0.05, 0) is 37.3 Å². The molecule has 7 heteroatoms. The van der Waals surface area contributed by atoms with Gasteiger partial charge in [0.1, 0.15) is 5.69 Å². The first kappa shape index (κ1) is 19.6. The second kappa shape index (κ2) is 8.39. The predicted molar refractivity (Wildman–Crippen MR) is 121 cm³/mol. The van der Waals surface area contributed by atoms with Gasteiger partial charge in [-0.2, -0.15) is 10.2 Å². The third-order valence-electron chi connectivity index (χ3n) is 5.14. The Hall–Kier alpha value is -4.39. The molecule has 4 aromatic rings. The van der Waals surface area contributed by atoms with E-state index in [1.54, 1.807) is 10.9 Å². The van der Waals surface area contributed by atoms with Gasteiger partial charge in [-0.1, -0.05) is 48.5 Å². The molecule has 1 aromatic heterocycles. The zero-order valence-corrected chi connectivity index (χ0v) is 17.4. The minimum absolute atomic E-state index is 0.208. The van der Waals surface area contributed by atoms with Crippen molar-refractivity contribution >= 4 is 11.6 Å². The van der Waals surface area contributed by atoms with E-state index in [9.17, 15) is 4.79 Å². The maximum atomic E-state index is 13.1. The number of carbonyl (C=O) groups is 1. The summed E-state index contributed by atoms with van der Waals surface area (Å²) >= 11 is 0. The number of fused-ring (bicyclic) bond motifs is 1. The molecule has 0 aliphatic carbocycles. The van der Waals surface area contributed by atoms with E-state index in [1.807, 2.05) is 85.8 Å². The van der Waals surface area contributed by atoms with Gasteiger partial charge in [0, 0.05) is 17.3 Å². The van der Waals surface area contributed by atoms with Crippen LogP contribution in [-0.2, 0) is 0 Å². The van der Waals surface area contributed by atoms with Gasteiger partial charge in [-0.15, -0.1) is 0 Å². The Bertz CT molecular complexity index is 1300. The lowest BCUT2D eigenvalue weighted by molar-refractivity contribution is 0.0955. The first-order valence-corrected chi connectivity index (χ1v) is 10.1. The van der Waals surface area contributed by atoms with Crippen LogP contribution in [0.5, 0.6) is 11.5 Å². The maximum Gasteiger partial charge on any atom is 0.275 e. The third kappa shape index (κ3) is 3.83. The van der Waals surface area contributed by atoms with Crippen molar-refractivity contribution in [1.29, 1.82) is 0 Å². The highest BCUT2D eigenvalue weighted by Crippen LogP contribution is 2.32. The Kier molecular flexibility index (Phi) is 5.13. The molecule has 1 aliphatic heterocycles. The van der Waals surface area contributed by atoms with Crippen molar-refractivity contribution < 1.29 is 14.3 Å². The van der Waals surface area contributed by atoms with Gasteiger partial charge in [0.2, 0.25) is 6.79 Å². The maximum absolute atomic E-state index is 13.1. The topological polar surface area (TPSA) is 77.7 Å². The number of carbonyl (C=O) groups excluding carboxylic acids is 1. The van der Waals surface area contributed by atoms with E-state index in [1.165, 1.54) is 0 Å². The predicted octanol–water partition coefficient (Wildman–Crippen LogP) is 4.42. The van der Waals surface area contributed by atoms with Crippen LogP contribution in [0, 0.1) is 0 Å². The number of ether oxygens (including phenoxy) is 2. The Balaban J connectivity index is 1.45. The molecule has 2 heterocycles. The van der Waals surface area contributed by atoms with Crippen molar-refractivity contribution in [1.82, 2.24) is 15.2 Å². The molecular weight excluding hydrogens is 404 g/mol. The van der Waals surface area contributed by atoms with Crippen LogP contribution in [0.2, 0.25) is 0 Å². The standard InChI is InChI=1S/C25H20N4O3/c1-17(19-12-13-22-23(14-19)32-16-31-22)26-27-25(30)21-15-29(20-10-6-3-7-11-20)28-24(21)18-8-4-2-5-9-18/h2-15H,16H2,1H3,(H,27,30)/b26-17+. The summed E-state index contributed by atoms with van der Waals surface area (Å²) in [5.41, 5.74) is 6.88. The number of hydrogen-bond donors (Lipinski definition) is 1. The molecule has 0 atom stereocenters. The fourth-order valence-electron chi connectivity index (χ4n) is 3.44. The smallest absolute Gasteiger partial charge is 0.275 e. The first-order chi connectivity index (χ1) is 15.7. The molecule has 158 valence electrons. The van der Waals surface area contributed by atoms with Crippen LogP contribution in [0.4, 0.5) is 0 Å². The minimum atomic E-state index is -0.342. The van der Waals surface area contributed by atoms with Crippen LogP contribution < -0.4 is 14.9 Å². The zero-order valence-electron chi connectivity index (χ0n) is 17.4. The van der Waals surface area contributed by atoms with Crippen molar-refractivity contribution in [2.75, 3.05) is 6.79 Å². The van der Waals surface area contributed by atoms with E-state index >= 15 is 0 Å². The van der Waals surface area contributed by atoms with E-state index in [0.29, 0.717) is 28.5 Å². The van der Waals surface area contributed by atoms with Gasteiger partial charge in [-0.3, -0.25) is 4.79 Å². The molecule has 7 nitrogen and oxygen atoms in total. The van der Waals surface area contributed by atoms with Crippen LogP contribution in [0.25, 0.3) is 16.9 Å². The number of nitrogens with one attached hydrogen (secondary N) is 1. The summed E-state index contributed by atoms with van der Waals surface area (Å²) in [4.78, 5) is 13.1. The Morgan fingerprint density at radius 3 is 2.47 bits per heavy atom. The fraction of sp³-hybridized carbons (Fsp3) is 0.0800. The van der Waals surface area contributed by atoms with Crippen LogP contribution in [0.1, 0.15) is 22.8 Å². The van der Waals surface area contributed by atoms with Gasteiger partial charge in [0.05, 0.1) is 17.0 Å². The molecule has 3 aromatic carbocycles. The molecule has 0 bridgehead atoms. The minimum Gasteiger partial charge on any atom is -0.454 e. The summed E-state index contributed by atoms with van der Waals surface area (Å²) in [6.45, 7) is 2.03. The molecular formula is C25H20N4O3. The van der Waals surface area contributed by atoms with Crippen LogP contribution in [0.3, 0.4) is 0 Å². The van der Waals surface area contributed by atoms with Crippen molar-refractivity contribution in [3.05, 3.63) is 96.2 Å². The molecule has 32 heavy (non-hydrogen) atoms. The summed E-state index contributed by atoms with van der Waals surface area (Å²) in [5.74, 6) is 1.02. The van der Waals surface area contributed by atoms with Crippen LogP contribution in [0.15, 0.2) is 90.2 Å². The SMILES string of the molecule is C/C(=N\NC(=O)c1cn(-c2ccccc2)nc1-c1ccccc1)c1ccc2c(c1)OCO2. The first-order valence-electron chi connectivity index (χ1n) is 10.1. The van der Waals surface area contributed by atoms with Gasteiger partial charge in [-0.25, -0.2) is 10.1 Å². The zero-order chi connectivity index (χ0) is 21.9. The van der Waals surface area contributed by atoms with Gasteiger partial charge < -0.3 is 9.47 Å². The second-order valence-electron chi connectivity index (χ2n) is 7.24. The van der Waals surface area contributed by atoms with Crippen molar-refractivity contribution in [3.63, 3.8) is 0 Å². The largest absolute Gasteiger partial charge is 0.454 e. The molecule has 1 aliphatic rings. The van der Waals surface area contributed by atoms with E-state index in [0.717, 1.165) is 16.8 Å². The molecule has 1 amide bonds. The number of amides is 1. The number of hydrazone groups is 1. The molecule has 0 saturated carbocycles. The summed E-state index contributed by atoms with van der Waals surface area (Å²) in [5, 5.41) is 8.97. The molecule has 0 fully saturated rings. The van der Waals surface area contributed by atoms with Crippen molar-refractivity contribution in [2.24, 2.45) is 5.10 Å². The van der Waals surface area contributed by atoms with E-state index < -0.39 is 0 Å². The number of aromatic nitrogens is 2. The fourth-order valence-corrected chi connectivity index (χ4v) is 3.44. The molecule has 0 saturated heterocycles. The summed E-state index contributed by atoms with van der Waals surface area (Å²) in [6, 6.07) is 24.8. The molecule has 0 unspecified atom stereocenters. The summed E-state index contributed by atoms with van der Waals surface area (Å²) in [7, 11) is 0. The van der Waals surface area contributed by atoms with Gasteiger partial charge in [0.25, 0.3) is 5.91 Å². The van der Waals surface area contributed by atoms with Gasteiger partial charge >= 0.3 is 0 Å². The second-order valence-corrected chi connectivity index (χ2v) is 7.24. The number of rotatable bonds is 5. The van der Waals surface area contributed by atoms with Crippen molar-refractivity contribution in [2.45, 2.75) is 6.92 Å². The van der Waals surface area contributed by atoms with E-state index in [4.69, 9.17) is 9.47 Å². The van der Waals surface area contributed by atoms with E-state index in [-0.39, 0.29) is 12.7 Å². The normalized spacial score (nSPS) is 12.6. The summed E-state index contributed by atoms with van der Waals surface area (Å²) < 4.78 is 12.5. The summed E-state index contributed by atoms with van der Waals surface area (Å²) in [6.07, 6.45) is 1.72. The Labute approximate surface area is 184 Å². The third-order valence-corrected chi connectivity index (χ3v) is 5.14. The lowest BCUT2D eigenvalue weighted by Gasteiger charge is -2.05. The molecule has 5 rings (SSSR count). The number of benzene rings is 3. The highest BCUT2D eigenvalue weighted by Gasteiger charge is 2.19. The Morgan fingerprint density at radius 2 is 1.69 bits per heavy atom. The molecule has 0 radical (unpaired) electrons. The Morgan fingerprint density at radius 1 is 0.969 bits per heavy atom. The molecule has 1 N–H and O–H groups in total. The monoisotopic (exact) mass is 424 g/mol. The average molecular weight is 424 g/mol. The van der Waals surface area contributed by atoms with E-state index in [2.05, 4.69) is 15.6 Å². The van der Waals surface area contributed by atoms with Gasteiger partial charge in [0.15, 0.2) is 11.5 Å². The van der Waals surface area contributed by atoms with Crippen LogP contribution in [-0.4, -0.2) is 28.2 Å². The number of para-hydroxylation sites is 1. The van der Waals surface area contributed by atoms with Crippen LogP contribution >= 0.6 is 0 Å². The highest BCUT2D eigenvalue weighted by atomic mass is 16.7. The lowest BCUT2D eigenvalue weighted by Crippen LogP contribution is -2.19. The number of hydrogen-bond acceptors (Lipinski definition) is 5. The highest BCUT2D eigenvalue weighted by molar-refractivity contribution is 6.03. The lowest BCUT2D eigenvalue weighted by atomic mass is 10.1. The average Bonchev–Trinajstić information content (AvgIpc) is 3.50. The number of nitrogens with zero attached hydrogens (tertiary/aromatic N) is 3.